The molecule has 0 radical (unpaired) electrons. The lowest BCUT2D eigenvalue weighted by Gasteiger charge is -2.28. The zero-order valence-electron chi connectivity index (χ0n) is 14.0. The van der Waals surface area contributed by atoms with Crippen LogP contribution >= 0.6 is 0 Å². The van der Waals surface area contributed by atoms with E-state index in [4.69, 9.17) is 10.4 Å². The average Bonchev–Trinajstić information content (AvgIpc) is 2.94. The summed E-state index contributed by atoms with van der Waals surface area (Å²) in [7, 11) is -1.36. The van der Waals surface area contributed by atoms with Gasteiger partial charge in [0.1, 0.15) is 12.3 Å². The van der Waals surface area contributed by atoms with Crippen LogP contribution in [0.5, 0.6) is 5.75 Å². The Kier molecular flexibility index (Phi) is 4.91. The molecule has 0 saturated heterocycles. The SMILES string of the molecule is Cc1nnn(CC(=O)NC2Cc3cccc(C(=O)O)c3OB2O)c1CN. The fourth-order valence-corrected chi connectivity index (χ4v) is 2.90. The van der Waals surface area contributed by atoms with Crippen molar-refractivity contribution in [3.05, 3.63) is 40.7 Å². The number of fused-ring (bicyclic) bond motifs is 1. The summed E-state index contributed by atoms with van der Waals surface area (Å²) >= 11 is 0. The molecule has 0 fully saturated rings. The van der Waals surface area contributed by atoms with Crippen LogP contribution in [-0.4, -0.2) is 50.1 Å². The topological polar surface area (TPSA) is 153 Å². The van der Waals surface area contributed by atoms with E-state index in [0.717, 1.165) is 0 Å². The van der Waals surface area contributed by atoms with E-state index in [1.54, 1.807) is 19.1 Å². The summed E-state index contributed by atoms with van der Waals surface area (Å²) in [5.41, 5.74) is 7.50. The third kappa shape index (κ3) is 3.39. The first kappa shape index (κ1) is 17.9. The molecular formula is C15H18BN5O5. The number of nitrogens with two attached hydrogens (primary N) is 1. The maximum atomic E-state index is 12.3. The van der Waals surface area contributed by atoms with Crippen LogP contribution in [0.25, 0.3) is 0 Å². The van der Waals surface area contributed by atoms with E-state index in [1.807, 2.05) is 0 Å². The van der Waals surface area contributed by atoms with Crippen LogP contribution in [0.15, 0.2) is 18.2 Å². The molecule has 2 heterocycles. The molecule has 136 valence electrons. The Balaban J connectivity index is 1.72. The standard InChI is InChI=1S/C15H18BN5O5/c1-8-11(6-17)21(20-19-8)7-13(22)18-12-5-9-3-2-4-10(15(23)24)14(9)26-16(12)25/h2-4,12,25H,5-7,17H2,1H3,(H,18,22)(H,23,24). The van der Waals surface area contributed by atoms with Gasteiger partial charge in [0, 0.05) is 6.54 Å². The maximum absolute atomic E-state index is 12.3. The van der Waals surface area contributed by atoms with Gasteiger partial charge in [-0.05, 0) is 25.0 Å². The predicted octanol–water partition coefficient (Wildman–Crippen LogP) is -1.12. The molecule has 0 saturated carbocycles. The van der Waals surface area contributed by atoms with E-state index in [0.29, 0.717) is 17.0 Å². The molecule has 1 aromatic heterocycles. The van der Waals surface area contributed by atoms with Crippen molar-refractivity contribution in [3.63, 3.8) is 0 Å². The zero-order valence-corrected chi connectivity index (χ0v) is 14.0. The first-order chi connectivity index (χ1) is 12.4. The molecule has 1 aromatic carbocycles. The van der Waals surface area contributed by atoms with E-state index in [9.17, 15) is 19.7 Å². The van der Waals surface area contributed by atoms with E-state index >= 15 is 0 Å². The Bertz CT molecular complexity index is 855. The lowest BCUT2D eigenvalue weighted by atomic mass is 9.72. The Hall–Kier alpha value is -2.92. The van der Waals surface area contributed by atoms with E-state index < -0.39 is 24.9 Å². The number of amides is 1. The minimum absolute atomic E-state index is 0.0306. The molecule has 1 aliphatic heterocycles. The molecule has 11 heteroatoms. The molecular weight excluding hydrogens is 341 g/mol. The van der Waals surface area contributed by atoms with Crippen LogP contribution in [0.4, 0.5) is 0 Å². The first-order valence-electron chi connectivity index (χ1n) is 7.99. The molecule has 10 nitrogen and oxygen atoms in total. The van der Waals surface area contributed by atoms with Gasteiger partial charge < -0.3 is 25.8 Å². The van der Waals surface area contributed by atoms with Gasteiger partial charge >= 0.3 is 13.1 Å². The van der Waals surface area contributed by atoms with Crippen molar-refractivity contribution >= 4 is 19.0 Å². The lowest BCUT2D eigenvalue weighted by molar-refractivity contribution is -0.122. The number of aryl methyl sites for hydroxylation is 1. The number of carboxylic acid groups (broad SMARTS) is 1. The minimum atomic E-state index is -1.36. The summed E-state index contributed by atoms with van der Waals surface area (Å²) in [6.45, 7) is 1.85. The number of carbonyl (C=O) groups is 2. The number of carboxylic acids is 1. The van der Waals surface area contributed by atoms with Gasteiger partial charge in [0.2, 0.25) is 5.91 Å². The largest absolute Gasteiger partial charge is 0.547 e. The monoisotopic (exact) mass is 359 g/mol. The summed E-state index contributed by atoms with van der Waals surface area (Å²) < 4.78 is 6.74. The van der Waals surface area contributed by atoms with Crippen molar-refractivity contribution < 1.29 is 24.4 Å². The molecule has 3 rings (SSSR count). The van der Waals surface area contributed by atoms with Crippen molar-refractivity contribution in [2.24, 2.45) is 5.73 Å². The molecule has 1 aliphatic rings. The van der Waals surface area contributed by atoms with E-state index in [-0.39, 0.29) is 30.8 Å². The van der Waals surface area contributed by atoms with Crippen LogP contribution < -0.4 is 15.7 Å². The van der Waals surface area contributed by atoms with Crippen molar-refractivity contribution in [3.8, 4) is 5.75 Å². The Morgan fingerprint density at radius 1 is 1.50 bits per heavy atom. The highest BCUT2D eigenvalue weighted by atomic mass is 16.5. The highest BCUT2D eigenvalue weighted by molar-refractivity contribution is 6.47. The number of nitrogens with one attached hydrogen (secondary N) is 1. The summed E-state index contributed by atoms with van der Waals surface area (Å²) in [6, 6.07) is 4.68. The molecule has 1 amide bonds. The normalized spacial score (nSPS) is 16.0. The van der Waals surface area contributed by atoms with Crippen LogP contribution in [0, 0.1) is 6.92 Å². The predicted molar refractivity (Wildman–Crippen MR) is 90.3 cm³/mol. The lowest BCUT2D eigenvalue weighted by Crippen LogP contribution is -2.53. The van der Waals surface area contributed by atoms with E-state index in [2.05, 4.69) is 15.6 Å². The van der Waals surface area contributed by atoms with Crippen molar-refractivity contribution in [1.29, 1.82) is 0 Å². The Morgan fingerprint density at radius 2 is 2.27 bits per heavy atom. The maximum Gasteiger partial charge on any atom is 0.547 e. The molecule has 0 spiro atoms. The number of para-hydroxylation sites is 1. The molecule has 1 unspecified atom stereocenters. The highest BCUT2D eigenvalue weighted by Gasteiger charge is 2.37. The number of aromatic nitrogens is 3. The number of rotatable bonds is 5. The molecule has 0 aliphatic carbocycles. The van der Waals surface area contributed by atoms with Gasteiger partial charge in [0.25, 0.3) is 0 Å². The smallest absolute Gasteiger partial charge is 0.534 e. The van der Waals surface area contributed by atoms with Crippen molar-refractivity contribution in [2.45, 2.75) is 32.4 Å². The van der Waals surface area contributed by atoms with Gasteiger partial charge in [0.15, 0.2) is 0 Å². The quantitative estimate of drug-likeness (QED) is 0.490. The fraction of sp³-hybridized carbons (Fsp3) is 0.333. The average molecular weight is 359 g/mol. The third-order valence-corrected chi connectivity index (χ3v) is 4.21. The minimum Gasteiger partial charge on any atom is -0.534 e. The number of hydrogen-bond acceptors (Lipinski definition) is 7. The van der Waals surface area contributed by atoms with Crippen molar-refractivity contribution in [1.82, 2.24) is 20.3 Å². The van der Waals surface area contributed by atoms with Gasteiger partial charge in [-0.2, -0.15) is 0 Å². The second-order valence-electron chi connectivity index (χ2n) is 5.97. The van der Waals surface area contributed by atoms with Crippen molar-refractivity contribution in [2.75, 3.05) is 0 Å². The number of hydrogen-bond donors (Lipinski definition) is 4. The molecule has 0 bridgehead atoms. The number of carbonyl (C=O) groups excluding carboxylic acids is 1. The third-order valence-electron chi connectivity index (χ3n) is 4.21. The van der Waals surface area contributed by atoms with Crippen LogP contribution in [0.1, 0.15) is 27.3 Å². The Morgan fingerprint density at radius 3 is 2.96 bits per heavy atom. The zero-order chi connectivity index (χ0) is 18.8. The summed E-state index contributed by atoms with van der Waals surface area (Å²) in [6.07, 6.45) is 0.240. The summed E-state index contributed by atoms with van der Waals surface area (Å²) in [4.78, 5) is 23.5. The van der Waals surface area contributed by atoms with E-state index in [1.165, 1.54) is 10.7 Å². The van der Waals surface area contributed by atoms with Gasteiger partial charge in [0.05, 0.1) is 22.9 Å². The molecule has 1 atom stereocenters. The molecule has 2 aromatic rings. The second kappa shape index (κ2) is 7.14. The van der Waals surface area contributed by atoms with Gasteiger partial charge in [-0.3, -0.25) is 4.79 Å². The van der Waals surface area contributed by atoms with Gasteiger partial charge in [-0.15, -0.1) is 5.10 Å². The number of nitrogens with zero attached hydrogens (tertiary/aromatic N) is 3. The van der Waals surface area contributed by atoms with Crippen LogP contribution in [-0.2, 0) is 24.3 Å². The first-order valence-corrected chi connectivity index (χ1v) is 7.99. The highest BCUT2D eigenvalue weighted by Crippen LogP contribution is 2.30. The fourth-order valence-electron chi connectivity index (χ4n) is 2.90. The van der Waals surface area contributed by atoms with Gasteiger partial charge in [-0.25, -0.2) is 9.48 Å². The number of benzene rings is 1. The van der Waals surface area contributed by atoms with Crippen LogP contribution in [0.3, 0.4) is 0 Å². The molecule has 5 N–H and O–H groups in total. The summed E-state index contributed by atoms with van der Waals surface area (Å²) in [5.74, 6) is -2.14. The van der Waals surface area contributed by atoms with Crippen LogP contribution in [0.2, 0.25) is 0 Å². The number of aromatic carboxylic acids is 1. The second-order valence-corrected chi connectivity index (χ2v) is 5.97. The molecule has 26 heavy (non-hydrogen) atoms. The van der Waals surface area contributed by atoms with Gasteiger partial charge in [-0.1, -0.05) is 17.3 Å². The summed E-state index contributed by atoms with van der Waals surface area (Å²) in [5, 5.41) is 29.8. The Labute approximate surface area is 149 Å².